The molecule has 5 heteroatoms. The molecule has 0 saturated carbocycles. The lowest BCUT2D eigenvalue weighted by atomic mass is 9.95. The van der Waals surface area contributed by atoms with Gasteiger partial charge in [-0.3, -0.25) is 4.79 Å². The largest absolute Gasteiger partial charge is 0.383 e. The summed E-state index contributed by atoms with van der Waals surface area (Å²) in [5.74, 6) is 0.104. The summed E-state index contributed by atoms with van der Waals surface area (Å²) < 4.78 is 5.11. The van der Waals surface area contributed by atoms with Crippen LogP contribution in [0.5, 0.6) is 0 Å². The van der Waals surface area contributed by atoms with Crippen LogP contribution in [0, 0.1) is 11.3 Å². The van der Waals surface area contributed by atoms with Crippen LogP contribution in [0.25, 0.3) is 0 Å². The smallest absolute Gasteiger partial charge is 0.223 e. The van der Waals surface area contributed by atoms with E-state index in [4.69, 9.17) is 15.7 Å². The highest BCUT2D eigenvalue weighted by Gasteiger charge is 2.32. The topological polar surface area (TPSA) is 79.3 Å². The lowest BCUT2D eigenvalue weighted by molar-refractivity contribution is -0.134. The number of benzene rings is 1. The molecule has 1 amide bonds. The van der Waals surface area contributed by atoms with Crippen molar-refractivity contribution in [3.05, 3.63) is 35.4 Å². The molecule has 2 atom stereocenters. The Labute approximate surface area is 125 Å². The zero-order valence-corrected chi connectivity index (χ0v) is 12.3. The molecule has 2 unspecified atom stereocenters. The molecule has 112 valence electrons. The minimum absolute atomic E-state index is 0.104. The summed E-state index contributed by atoms with van der Waals surface area (Å²) in [6.07, 6.45) is 2.13. The van der Waals surface area contributed by atoms with Gasteiger partial charge in [0.2, 0.25) is 5.91 Å². The molecule has 2 N–H and O–H groups in total. The number of carbonyl (C=O) groups excluding carboxylic acids is 1. The van der Waals surface area contributed by atoms with Gasteiger partial charge in [-0.15, -0.1) is 0 Å². The Morgan fingerprint density at radius 1 is 1.52 bits per heavy atom. The Hall–Kier alpha value is -1.90. The molecule has 1 fully saturated rings. The van der Waals surface area contributed by atoms with E-state index in [0.29, 0.717) is 25.1 Å². The molecule has 0 aromatic heterocycles. The lowest BCUT2D eigenvalue weighted by Crippen LogP contribution is -2.43. The van der Waals surface area contributed by atoms with Gasteiger partial charge in [0.05, 0.1) is 24.3 Å². The number of methoxy groups -OCH3 is 1. The predicted molar refractivity (Wildman–Crippen MR) is 79.3 cm³/mol. The second-order valence-electron chi connectivity index (χ2n) is 5.32. The average Bonchev–Trinajstić information content (AvgIpc) is 2.64. The fourth-order valence-corrected chi connectivity index (χ4v) is 2.85. The molecule has 21 heavy (non-hydrogen) atoms. The van der Waals surface area contributed by atoms with Gasteiger partial charge in [-0.2, -0.15) is 5.26 Å². The fraction of sp³-hybridized carbons (Fsp3) is 0.500. The van der Waals surface area contributed by atoms with Crippen LogP contribution in [0.1, 0.15) is 36.4 Å². The minimum Gasteiger partial charge on any atom is -0.383 e. The van der Waals surface area contributed by atoms with E-state index in [0.717, 1.165) is 18.4 Å². The molecule has 1 saturated heterocycles. The Morgan fingerprint density at radius 2 is 2.33 bits per heavy atom. The van der Waals surface area contributed by atoms with E-state index in [1.54, 1.807) is 18.1 Å². The number of hydrogen-bond donors (Lipinski definition) is 1. The van der Waals surface area contributed by atoms with Crippen LogP contribution in [-0.2, 0) is 9.53 Å². The normalized spacial score (nSPS) is 22.7. The maximum atomic E-state index is 12.4. The quantitative estimate of drug-likeness (QED) is 0.912. The first-order valence-electron chi connectivity index (χ1n) is 7.21. The first-order chi connectivity index (χ1) is 10.2. The third kappa shape index (κ3) is 3.60. The molecule has 1 aromatic rings. The number of amides is 1. The average molecular weight is 287 g/mol. The molecule has 1 aromatic carbocycles. The zero-order valence-electron chi connectivity index (χ0n) is 12.3. The van der Waals surface area contributed by atoms with Gasteiger partial charge in [-0.25, -0.2) is 0 Å². The lowest BCUT2D eigenvalue weighted by Gasteiger charge is -2.34. The van der Waals surface area contributed by atoms with E-state index in [2.05, 4.69) is 6.07 Å². The predicted octanol–water partition coefficient (Wildman–Crippen LogP) is 1.59. The van der Waals surface area contributed by atoms with Gasteiger partial charge in [0.1, 0.15) is 0 Å². The van der Waals surface area contributed by atoms with Crippen LogP contribution in [0.4, 0.5) is 0 Å². The van der Waals surface area contributed by atoms with E-state index in [1.807, 2.05) is 18.2 Å². The van der Waals surface area contributed by atoms with Gasteiger partial charge < -0.3 is 15.4 Å². The van der Waals surface area contributed by atoms with Gasteiger partial charge in [0.15, 0.2) is 0 Å². The molecule has 0 radical (unpaired) electrons. The van der Waals surface area contributed by atoms with Crippen LogP contribution in [0.3, 0.4) is 0 Å². The summed E-state index contributed by atoms with van der Waals surface area (Å²) >= 11 is 0. The SMILES string of the molecule is COCCN1C(=O)CCCC(N)C1c1cccc(C#N)c1. The summed E-state index contributed by atoms with van der Waals surface area (Å²) in [6.45, 7) is 0.997. The third-order valence-corrected chi connectivity index (χ3v) is 3.88. The first-order valence-corrected chi connectivity index (χ1v) is 7.21. The van der Waals surface area contributed by atoms with Gasteiger partial charge in [0, 0.05) is 26.1 Å². The van der Waals surface area contributed by atoms with E-state index in [1.165, 1.54) is 0 Å². The first kappa shape index (κ1) is 15.5. The second-order valence-corrected chi connectivity index (χ2v) is 5.32. The second kappa shape index (κ2) is 7.21. The van der Waals surface area contributed by atoms with Crippen LogP contribution >= 0.6 is 0 Å². The Balaban J connectivity index is 2.36. The number of nitrogens with zero attached hydrogens (tertiary/aromatic N) is 2. The van der Waals surface area contributed by atoms with E-state index < -0.39 is 0 Å². The number of likely N-dealkylation sites (tertiary alicyclic amines) is 1. The highest BCUT2D eigenvalue weighted by atomic mass is 16.5. The fourth-order valence-electron chi connectivity index (χ4n) is 2.85. The Kier molecular flexibility index (Phi) is 5.32. The summed E-state index contributed by atoms with van der Waals surface area (Å²) in [4.78, 5) is 14.2. The van der Waals surface area contributed by atoms with Crippen molar-refractivity contribution in [3.63, 3.8) is 0 Å². The van der Waals surface area contributed by atoms with E-state index in [-0.39, 0.29) is 18.0 Å². The van der Waals surface area contributed by atoms with Crippen molar-refractivity contribution in [2.75, 3.05) is 20.3 Å². The molecule has 2 rings (SSSR count). The van der Waals surface area contributed by atoms with Crippen LogP contribution in [0.2, 0.25) is 0 Å². The number of carbonyl (C=O) groups is 1. The van der Waals surface area contributed by atoms with Crippen molar-refractivity contribution < 1.29 is 9.53 Å². The molecular formula is C16H21N3O2. The summed E-state index contributed by atoms with van der Waals surface area (Å²) in [5, 5.41) is 9.06. The van der Waals surface area contributed by atoms with Crippen LogP contribution in [0.15, 0.2) is 24.3 Å². The van der Waals surface area contributed by atoms with Gasteiger partial charge in [0.25, 0.3) is 0 Å². The molecule has 1 aliphatic heterocycles. The number of hydrogen-bond acceptors (Lipinski definition) is 4. The van der Waals surface area contributed by atoms with Gasteiger partial charge >= 0.3 is 0 Å². The van der Waals surface area contributed by atoms with Crippen molar-refractivity contribution in [2.45, 2.75) is 31.3 Å². The maximum absolute atomic E-state index is 12.4. The Morgan fingerprint density at radius 3 is 3.05 bits per heavy atom. The molecule has 1 heterocycles. The molecule has 0 aliphatic carbocycles. The molecule has 5 nitrogen and oxygen atoms in total. The van der Waals surface area contributed by atoms with Crippen molar-refractivity contribution in [1.29, 1.82) is 5.26 Å². The standard InChI is InChI=1S/C16H21N3O2/c1-21-9-8-19-15(20)7-3-6-14(18)16(19)13-5-2-4-12(10-13)11-17/h2,4-5,10,14,16H,3,6-9,18H2,1H3. The number of ether oxygens (including phenoxy) is 1. The summed E-state index contributed by atoms with van der Waals surface area (Å²) in [6, 6.07) is 9.17. The minimum atomic E-state index is -0.191. The number of rotatable bonds is 4. The third-order valence-electron chi connectivity index (χ3n) is 3.88. The molecule has 0 bridgehead atoms. The maximum Gasteiger partial charge on any atom is 0.223 e. The summed E-state index contributed by atoms with van der Waals surface area (Å²) in [5.41, 5.74) is 7.82. The van der Waals surface area contributed by atoms with Gasteiger partial charge in [-0.1, -0.05) is 12.1 Å². The van der Waals surface area contributed by atoms with E-state index in [9.17, 15) is 4.79 Å². The number of nitrogens with two attached hydrogens (primary N) is 1. The van der Waals surface area contributed by atoms with Gasteiger partial charge in [-0.05, 0) is 30.5 Å². The monoisotopic (exact) mass is 287 g/mol. The van der Waals surface area contributed by atoms with Crippen LogP contribution < -0.4 is 5.73 Å². The molecular weight excluding hydrogens is 266 g/mol. The van der Waals surface area contributed by atoms with Crippen molar-refractivity contribution in [3.8, 4) is 6.07 Å². The highest BCUT2D eigenvalue weighted by Crippen LogP contribution is 2.30. The molecule has 1 aliphatic rings. The highest BCUT2D eigenvalue weighted by molar-refractivity contribution is 5.77. The van der Waals surface area contributed by atoms with E-state index >= 15 is 0 Å². The van der Waals surface area contributed by atoms with Crippen molar-refractivity contribution >= 4 is 5.91 Å². The number of nitriles is 1. The van der Waals surface area contributed by atoms with Crippen molar-refractivity contribution in [2.24, 2.45) is 5.73 Å². The zero-order chi connectivity index (χ0) is 15.2. The summed E-state index contributed by atoms with van der Waals surface area (Å²) in [7, 11) is 1.62. The molecule has 0 spiro atoms. The Bertz CT molecular complexity index is 539. The van der Waals surface area contributed by atoms with Crippen molar-refractivity contribution in [1.82, 2.24) is 4.90 Å². The van der Waals surface area contributed by atoms with Crippen LogP contribution in [-0.4, -0.2) is 37.1 Å².